The van der Waals surface area contributed by atoms with Crippen molar-refractivity contribution < 1.29 is 0 Å². The summed E-state index contributed by atoms with van der Waals surface area (Å²) in [5.41, 5.74) is 0. The van der Waals surface area contributed by atoms with Crippen molar-refractivity contribution in [1.82, 2.24) is 10.2 Å². The normalized spacial score (nSPS) is 25.4. The van der Waals surface area contributed by atoms with Crippen molar-refractivity contribution in [3.63, 3.8) is 0 Å². The number of guanidine groups is 1. The molecule has 2 aliphatic rings. The fourth-order valence-corrected chi connectivity index (χ4v) is 4.04. The van der Waals surface area contributed by atoms with Crippen LogP contribution < -0.4 is 5.32 Å². The summed E-state index contributed by atoms with van der Waals surface area (Å²) in [7, 11) is 0. The largest absolute Gasteiger partial charge is 0.357 e. The maximum atomic E-state index is 4.85. The molecule has 0 aromatic rings. The number of halogens is 1. The summed E-state index contributed by atoms with van der Waals surface area (Å²) in [6.07, 6.45) is 10.4. The second-order valence-corrected chi connectivity index (χ2v) is 7.13. The van der Waals surface area contributed by atoms with Crippen LogP contribution in [-0.2, 0) is 0 Å². The molecule has 1 saturated heterocycles. The van der Waals surface area contributed by atoms with Crippen molar-refractivity contribution in [2.75, 3.05) is 38.2 Å². The second kappa shape index (κ2) is 11.0. The maximum Gasteiger partial charge on any atom is 0.193 e. The Balaban J connectivity index is 0.00000220. The molecule has 0 spiro atoms. The number of fused-ring (bicyclic) bond motifs is 1. The summed E-state index contributed by atoms with van der Waals surface area (Å²) >= 11 is 1.93. The number of hydrogen-bond acceptors (Lipinski definition) is 2. The van der Waals surface area contributed by atoms with Gasteiger partial charge in [-0.05, 0) is 56.5 Å². The van der Waals surface area contributed by atoms with Gasteiger partial charge in [0.15, 0.2) is 5.96 Å². The predicted octanol–water partition coefficient (Wildman–Crippen LogP) is 3.84. The van der Waals surface area contributed by atoms with E-state index in [1.165, 1.54) is 63.3 Å². The minimum atomic E-state index is 0. The fraction of sp³-hybridized carbons (Fsp3) is 0.938. The Labute approximate surface area is 152 Å². The summed E-state index contributed by atoms with van der Waals surface area (Å²) in [6.45, 7) is 6.61. The number of likely N-dealkylation sites (tertiary alicyclic amines) is 1. The van der Waals surface area contributed by atoms with Gasteiger partial charge in [0.1, 0.15) is 0 Å². The Hall–Kier alpha value is 0.350. The molecule has 2 rings (SSSR count). The highest BCUT2D eigenvalue weighted by Gasteiger charge is 2.35. The van der Waals surface area contributed by atoms with Gasteiger partial charge in [-0.3, -0.25) is 4.99 Å². The molecule has 2 fully saturated rings. The van der Waals surface area contributed by atoms with E-state index in [1.807, 2.05) is 11.8 Å². The predicted molar refractivity (Wildman–Crippen MR) is 106 cm³/mol. The molecule has 3 nitrogen and oxygen atoms in total. The van der Waals surface area contributed by atoms with Crippen LogP contribution in [0.2, 0.25) is 0 Å². The highest BCUT2D eigenvalue weighted by molar-refractivity contribution is 14.0. The third-order valence-corrected chi connectivity index (χ3v) is 5.33. The molecule has 21 heavy (non-hydrogen) atoms. The van der Waals surface area contributed by atoms with Crippen LogP contribution in [0.3, 0.4) is 0 Å². The monoisotopic (exact) mass is 425 g/mol. The summed E-state index contributed by atoms with van der Waals surface area (Å²) < 4.78 is 0. The lowest BCUT2D eigenvalue weighted by molar-refractivity contribution is 0.299. The SMILES string of the molecule is CCNC(=NCCCCSC)N1CC2CCCCC2C1.I. The van der Waals surface area contributed by atoms with Gasteiger partial charge in [-0.2, -0.15) is 11.8 Å². The highest BCUT2D eigenvalue weighted by atomic mass is 127. The molecule has 0 amide bonds. The van der Waals surface area contributed by atoms with Gasteiger partial charge >= 0.3 is 0 Å². The molecular formula is C16H32IN3S. The number of thioether (sulfide) groups is 1. The summed E-state index contributed by atoms with van der Waals surface area (Å²) in [5.74, 6) is 4.30. The molecule has 1 N–H and O–H groups in total. The Morgan fingerprint density at radius 1 is 1.19 bits per heavy atom. The molecule has 5 heteroatoms. The average molecular weight is 425 g/mol. The van der Waals surface area contributed by atoms with E-state index in [4.69, 9.17) is 4.99 Å². The van der Waals surface area contributed by atoms with Crippen LogP contribution in [0.15, 0.2) is 4.99 Å². The smallest absolute Gasteiger partial charge is 0.193 e. The zero-order valence-corrected chi connectivity index (χ0v) is 16.8. The molecule has 1 saturated carbocycles. The van der Waals surface area contributed by atoms with Gasteiger partial charge in [-0.15, -0.1) is 24.0 Å². The number of rotatable bonds is 6. The first-order valence-electron chi connectivity index (χ1n) is 8.37. The molecule has 0 bridgehead atoms. The van der Waals surface area contributed by atoms with E-state index in [-0.39, 0.29) is 24.0 Å². The number of aliphatic imine (C=N–C) groups is 1. The molecule has 2 unspecified atom stereocenters. The third kappa shape index (κ3) is 6.16. The molecule has 0 radical (unpaired) electrons. The first-order chi connectivity index (χ1) is 9.85. The fourth-order valence-electron chi connectivity index (χ4n) is 3.55. The Morgan fingerprint density at radius 2 is 1.86 bits per heavy atom. The van der Waals surface area contributed by atoms with Crippen molar-refractivity contribution in [2.24, 2.45) is 16.8 Å². The zero-order valence-electron chi connectivity index (χ0n) is 13.6. The lowest BCUT2D eigenvalue weighted by atomic mass is 9.82. The van der Waals surface area contributed by atoms with Crippen LogP contribution in [0, 0.1) is 11.8 Å². The van der Waals surface area contributed by atoms with Crippen LogP contribution in [0.5, 0.6) is 0 Å². The van der Waals surface area contributed by atoms with E-state index >= 15 is 0 Å². The van der Waals surface area contributed by atoms with Gasteiger partial charge in [0.05, 0.1) is 0 Å². The molecular weight excluding hydrogens is 393 g/mol. The van der Waals surface area contributed by atoms with Crippen molar-refractivity contribution >= 4 is 41.7 Å². The van der Waals surface area contributed by atoms with E-state index in [9.17, 15) is 0 Å². The summed E-state index contributed by atoms with van der Waals surface area (Å²) in [6, 6.07) is 0. The first kappa shape index (κ1) is 19.4. The summed E-state index contributed by atoms with van der Waals surface area (Å²) in [4.78, 5) is 7.37. The van der Waals surface area contributed by atoms with Gasteiger partial charge in [0.2, 0.25) is 0 Å². The topological polar surface area (TPSA) is 27.6 Å². The van der Waals surface area contributed by atoms with Crippen LogP contribution in [0.25, 0.3) is 0 Å². The van der Waals surface area contributed by atoms with Crippen LogP contribution >= 0.6 is 35.7 Å². The van der Waals surface area contributed by atoms with Crippen LogP contribution in [-0.4, -0.2) is 49.0 Å². The van der Waals surface area contributed by atoms with Crippen LogP contribution in [0.4, 0.5) is 0 Å². The minimum absolute atomic E-state index is 0. The summed E-state index contributed by atoms with van der Waals surface area (Å²) in [5, 5.41) is 3.50. The van der Waals surface area contributed by atoms with Gasteiger partial charge in [0.25, 0.3) is 0 Å². The van der Waals surface area contributed by atoms with Crippen molar-refractivity contribution in [3.05, 3.63) is 0 Å². The van der Waals surface area contributed by atoms with E-state index in [0.29, 0.717) is 0 Å². The zero-order chi connectivity index (χ0) is 14.2. The van der Waals surface area contributed by atoms with Crippen LogP contribution in [0.1, 0.15) is 45.4 Å². The average Bonchev–Trinajstić information content (AvgIpc) is 2.89. The molecule has 2 atom stereocenters. The van der Waals surface area contributed by atoms with E-state index in [1.54, 1.807) is 0 Å². The number of unbranched alkanes of at least 4 members (excludes halogenated alkanes) is 1. The maximum absolute atomic E-state index is 4.85. The van der Waals surface area contributed by atoms with E-state index in [0.717, 1.165) is 24.9 Å². The van der Waals surface area contributed by atoms with Crippen molar-refractivity contribution in [3.8, 4) is 0 Å². The van der Waals surface area contributed by atoms with Gasteiger partial charge in [-0.25, -0.2) is 0 Å². The standard InChI is InChI=1S/C16H31N3S.HI/c1-3-17-16(18-10-6-7-11-20-2)19-12-14-8-4-5-9-15(14)13-19;/h14-15H,3-13H2,1-2H3,(H,17,18);1H. The second-order valence-electron chi connectivity index (χ2n) is 6.15. The first-order valence-corrected chi connectivity index (χ1v) is 9.76. The molecule has 1 heterocycles. The number of hydrogen-bond donors (Lipinski definition) is 1. The van der Waals surface area contributed by atoms with Gasteiger partial charge in [-0.1, -0.05) is 12.8 Å². The van der Waals surface area contributed by atoms with Gasteiger partial charge in [0, 0.05) is 26.2 Å². The van der Waals surface area contributed by atoms with Crippen molar-refractivity contribution in [1.29, 1.82) is 0 Å². The van der Waals surface area contributed by atoms with Gasteiger partial charge < -0.3 is 10.2 Å². The minimum Gasteiger partial charge on any atom is -0.357 e. The molecule has 0 aromatic heterocycles. The molecule has 124 valence electrons. The third-order valence-electron chi connectivity index (χ3n) is 4.63. The Kier molecular flexibility index (Phi) is 10.1. The quantitative estimate of drug-likeness (QED) is 0.303. The van der Waals surface area contributed by atoms with Crippen molar-refractivity contribution in [2.45, 2.75) is 45.4 Å². The number of nitrogens with one attached hydrogen (secondary N) is 1. The molecule has 1 aliphatic heterocycles. The van der Waals surface area contributed by atoms with E-state index < -0.39 is 0 Å². The molecule has 0 aromatic carbocycles. The lowest BCUT2D eigenvalue weighted by Crippen LogP contribution is -2.40. The number of nitrogens with zero attached hydrogens (tertiary/aromatic N) is 2. The lowest BCUT2D eigenvalue weighted by Gasteiger charge is -2.22. The Morgan fingerprint density at radius 3 is 2.43 bits per heavy atom. The Bertz CT molecular complexity index is 298. The highest BCUT2D eigenvalue weighted by Crippen LogP contribution is 2.35. The van der Waals surface area contributed by atoms with E-state index in [2.05, 4.69) is 23.4 Å². The molecule has 1 aliphatic carbocycles.